The Morgan fingerprint density at radius 1 is 0.840 bits per heavy atom. The molecule has 1 heterocycles. The largest absolute Gasteiger partial charge is 0.298 e. The van der Waals surface area contributed by atoms with Crippen LogP contribution in [-0.2, 0) is 0 Å². The minimum Gasteiger partial charge on any atom is -0.298 e. The zero-order chi connectivity index (χ0) is 18.4. The first-order valence-corrected chi connectivity index (χ1v) is 11.3. The van der Waals surface area contributed by atoms with Gasteiger partial charge in [0.25, 0.3) is 0 Å². The summed E-state index contributed by atoms with van der Waals surface area (Å²) in [6.07, 6.45) is 11.8. The van der Waals surface area contributed by atoms with Gasteiger partial charge in [0.05, 0.1) is 0 Å². The van der Waals surface area contributed by atoms with E-state index in [0.29, 0.717) is 11.6 Å². The van der Waals surface area contributed by atoms with Crippen LogP contribution in [-0.4, -0.2) is 47.6 Å². The Labute approximate surface area is 158 Å². The van der Waals surface area contributed by atoms with E-state index < -0.39 is 0 Å². The molecule has 2 fully saturated rings. The van der Waals surface area contributed by atoms with Crippen molar-refractivity contribution in [3.63, 3.8) is 0 Å². The average Bonchev–Trinajstić information content (AvgIpc) is 2.56. The van der Waals surface area contributed by atoms with Gasteiger partial charge in [0.1, 0.15) is 0 Å². The van der Waals surface area contributed by atoms with Crippen LogP contribution >= 0.6 is 0 Å². The van der Waals surface area contributed by atoms with E-state index in [1.54, 1.807) is 0 Å². The van der Waals surface area contributed by atoms with Crippen LogP contribution in [0.15, 0.2) is 0 Å². The summed E-state index contributed by atoms with van der Waals surface area (Å²) in [7, 11) is 0. The van der Waals surface area contributed by atoms with E-state index in [0.717, 1.165) is 17.8 Å². The molecule has 1 aliphatic heterocycles. The molecule has 2 heteroatoms. The SMILES string of the molecule is CC(C)CC1CCC(CCCC(C)(C)N2CCN(C(C)C)CC2)CC1. The van der Waals surface area contributed by atoms with Crippen molar-refractivity contribution in [1.29, 1.82) is 0 Å². The standard InChI is InChI=1S/C23H46N2/c1-19(2)18-22-11-9-21(10-12-22)8-7-13-23(5,6)25-16-14-24(15-17-25)20(3)4/h19-22H,7-18H2,1-6H3. The van der Waals surface area contributed by atoms with E-state index in [9.17, 15) is 0 Å². The summed E-state index contributed by atoms with van der Waals surface area (Å²) in [6.45, 7) is 19.4. The third kappa shape index (κ3) is 6.86. The van der Waals surface area contributed by atoms with Crippen molar-refractivity contribution in [3.05, 3.63) is 0 Å². The summed E-state index contributed by atoms with van der Waals surface area (Å²) in [4.78, 5) is 5.38. The molecule has 2 nitrogen and oxygen atoms in total. The maximum absolute atomic E-state index is 2.76. The number of hydrogen-bond acceptors (Lipinski definition) is 2. The zero-order valence-electron chi connectivity index (χ0n) is 18.2. The van der Waals surface area contributed by atoms with Crippen molar-refractivity contribution in [1.82, 2.24) is 9.80 Å². The summed E-state index contributed by atoms with van der Waals surface area (Å²) in [5.74, 6) is 2.94. The van der Waals surface area contributed by atoms with Gasteiger partial charge in [-0.1, -0.05) is 52.4 Å². The molecule has 0 N–H and O–H groups in total. The second-order valence-corrected chi connectivity index (χ2v) is 10.3. The van der Waals surface area contributed by atoms with E-state index in [-0.39, 0.29) is 0 Å². The van der Waals surface area contributed by atoms with Gasteiger partial charge in [0, 0.05) is 37.8 Å². The molecule has 1 saturated carbocycles. The monoisotopic (exact) mass is 350 g/mol. The first-order chi connectivity index (χ1) is 11.8. The van der Waals surface area contributed by atoms with Gasteiger partial charge in [-0.2, -0.15) is 0 Å². The maximum atomic E-state index is 2.76. The van der Waals surface area contributed by atoms with Gasteiger partial charge >= 0.3 is 0 Å². The molecule has 0 aromatic heterocycles. The van der Waals surface area contributed by atoms with Crippen LogP contribution in [0.25, 0.3) is 0 Å². The minimum absolute atomic E-state index is 0.387. The number of hydrogen-bond donors (Lipinski definition) is 0. The van der Waals surface area contributed by atoms with Crippen LogP contribution in [0, 0.1) is 17.8 Å². The summed E-state index contributed by atoms with van der Waals surface area (Å²) in [5, 5.41) is 0. The van der Waals surface area contributed by atoms with Gasteiger partial charge in [0.2, 0.25) is 0 Å². The molecule has 2 aliphatic rings. The molecule has 0 radical (unpaired) electrons. The van der Waals surface area contributed by atoms with Crippen LogP contribution in [0.1, 0.15) is 92.9 Å². The summed E-state index contributed by atoms with van der Waals surface area (Å²) in [6, 6.07) is 0.705. The Bertz CT molecular complexity index is 358. The lowest BCUT2D eigenvalue weighted by molar-refractivity contribution is 0.0337. The smallest absolute Gasteiger partial charge is 0.0154 e. The van der Waals surface area contributed by atoms with Crippen LogP contribution in [0.3, 0.4) is 0 Å². The normalized spacial score (nSPS) is 27.4. The molecule has 1 saturated heterocycles. The quantitative estimate of drug-likeness (QED) is 0.544. The lowest BCUT2D eigenvalue weighted by Crippen LogP contribution is -2.55. The third-order valence-electron chi connectivity index (χ3n) is 7.07. The lowest BCUT2D eigenvalue weighted by atomic mass is 9.76. The summed E-state index contributed by atoms with van der Waals surface area (Å²) >= 11 is 0. The Morgan fingerprint density at radius 2 is 1.40 bits per heavy atom. The molecule has 1 aliphatic carbocycles. The van der Waals surface area contributed by atoms with E-state index >= 15 is 0 Å². The molecule has 25 heavy (non-hydrogen) atoms. The lowest BCUT2D eigenvalue weighted by Gasteiger charge is -2.45. The summed E-state index contributed by atoms with van der Waals surface area (Å²) < 4.78 is 0. The minimum atomic E-state index is 0.387. The van der Waals surface area contributed by atoms with Crippen molar-refractivity contribution in [2.45, 2.75) is 104 Å². The molecule has 0 bridgehead atoms. The second-order valence-electron chi connectivity index (χ2n) is 10.3. The van der Waals surface area contributed by atoms with Crippen molar-refractivity contribution >= 4 is 0 Å². The molecule has 0 unspecified atom stereocenters. The fourth-order valence-electron chi connectivity index (χ4n) is 5.25. The van der Waals surface area contributed by atoms with Gasteiger partial charge in [-0.05, 0) is 58.3 Å². The molecule has 0 spiro atoms. The van der Waals surface area contributed by atoms with E-state index in [2.05, 4.69) is 51.3 Å². The molecule has 0 aromatic carbocycles. The van der Waals surface area contributed by atoms with Crippen LogP contribution in [0.2, 0.25) is 0 Å². The Hall–Kier alpha value is -0.0800. The topological polar surface area (TPSA) is 6.48 Å². The Kier molecular flexibility index (Phi) is 8.27. The van der Waals surface area contributed by atoms with Crippen molar-refractivity contribution in [2.24, 2.45) is 17.8 Å². The second kappa shape index (κ2) is 9.74. The average molecular weight is 351 g/mol. The molecule has 0 atom stereocenters. The fourth-order valence-corrected chi connectivity index (χ4v) is 5.25. The molecule has 0 aromatic rings. The molecule has 2 rings (SSSR count). The highest BCUT2D eigenvalue weighted by Gasteiger charge is 2.30. The highest BCUT2D eigenvalue weighted by atomic mass is 15.3. The highest BCUT2D eigenvalue weighted by Crippen LogP contribution is 2.35. The van der Waals surface area contributed by atoms with E-state index in [4.69, 9.17) is 0 Å². The predicted octanol–water partition coefficient (Wildman–Crippen LogP) is 5.81. The molecule has 148 valence electrons. The zero-order valence-corrected chi connectivity index (χ0v) is 18.2. The Morgan fingerprint density at radius 3 is 1.92 bits per heavy atom. The highest BCUT2D eigenvalue weighted by molar-refractivity contribution is 4.86. The van der Waals surface area contributed by atoms with Crippen LogP contribution in [0.4, 0.5) is 0 Å². The van der Waals surface area contributed by atoms with Crippen LogP contribution in [0.5, 0.6) is 0 Å². The molecular formula is C23H46N2. The van der Waals surface area contributed by atoms with Gasteiger partial charge in [-0.3, -0.25) is 9.80 Å². The molecular weight excluding hydrogens is 304 g/mol. The van der Waals surface area contributed by atoms with E-state index in [1.165, 1.54) is 77.5 Å². The first-order valence-electron chi connectivity index (χ1n) is 11.3. The fraction of sp³-hybridized carbons (Fsp3) is 1.00. The summed E-state index contributed by atoms with van der Waals surface area (Å²) in [5.41, 5.74) is 0.387. The number of piperazine rings is 1. The molecule has 0 amide bonds. The van der Waals surface area contributed by atoms with Gasteiger partial charge in [0.15, 0.2) is 0 Å². The number of rotatable bonds is 8. The van der Waals surface area contributed by atoms with Crippen molar-refractivity contribution in [2.75, 3.05) is 26.2 Å². The predicted molar refractivity (Wildman–Crippen MR) is 111 cm³/mol. The van der Waals surface area contributed by atoms with Crippen LogP contribution < -0.4 is 0 Å². The maximum Gasteiger partial charge on any atom is 0.0154 e. The van der Waals surface area contributed by atoms with Gasteiger partial charge in [-0.25, -0.2) is 0 Å². The number of nitrogens with zero attached hydrogens (tertiary/aromatic N) is 2. The van der Waals surface area contributed by atoms with Crippen molar-refractivity contribution in [3.8, 4) is 0 Å². The first kappa shape index (κ1) is 21.2. The Balaban J connectivity index is 1.64. The van der Waals surface area contributed by atoms with E-state index in [1.807, 2.05) is 0 Å². The third-order valence-corrected chi connectivity index (χ3v) is 7.07. The van der Waals surface area contributed by atoms with Crippen molar-refractivity contribution < 1.29 is 0 Å². The van der Waals surface area contributed by atoms with Gasteiger partial charge in [-0.15, -0.1) is 0 Å². The van der Waals surface area contributed by atoms with Gasteiger partial charge < -0.3 is 0 Å².